The molecule has 0 bridgehead atoms. The van der Waals surface area contributed by atoms with Crippen LogP contribution in [0.25, 0.3) is 0 Å². The number of rotatable bonds is 11. The Bertz CT molecular complexity index is 204. The van der Waals surface area contributed by atoms with Crippen LogP contribution < -0.4 is 0 Å². The molecule has 0 amide bonds. The van der Waals surface area contributed by atoms with Gasteiger partial charge in [-0.05, 0) is 43.9 Å². The molecule has 0 aromatic carbocycles. The van der Waals surface area contributed by atoms with Crippen molar-refractivity contribution >= 4 is 0 Å². The van der Waals surface area contributed by atoms with Crippen LogP contribution in [0.15, 0.2) is 0 Å². The van der Waals surface area contributed by atoms with E-state index in [0.717, 1.165) is 22.2 Å². The number of aliphatic hydroxyl groups is 1. The van der Waals surface area contributed by atoms with Gasteiger partial charge >= 0.3 is 0 Å². The second-order valence-corrected chi connectivity index (χ2v) is 7.97. The minimum atomic E-state index is 0.314. The molecular formula is C18H40NO+. The zero-order chi connectivity index (χ0) is 15.8. The van der Waals surface area contributed by atoms with Crippen LogP contribution in [0.2, 0.25) is 0 Å². The highest BCUT2D eigenvalue weighted by Gasteiger charge is 2.33. The highest BCUT2D eigenvalue weighted by Crippen LogP contribution is 2.22. The summed E-state index contributed by atoms with van der Waals surface area (Å²) in [5.74, 6) is 2.24. The summed E-state index contributed by atoms with van der Waals surface area (Å²) in [6, 6.07) is 0.367. The van der Waals surface area contributed by atoms with Gasteiger partial charge in [-0.15, -0.1) is 0 Å². The average molecular weight is 287 g/mol. The van der Waals surface area contributed by atoms with Crippen LogP contribution >= 0.6 is 0 Å². The van der Waals surface area contributed by atoms with Gasteiger partial charge in [0.15, 0.2) is 0 Å². The summed E-state index contributed by atoms with van der Waals surface area (Å²) in [7, 11) is 0. The van der Waals surface area contributed by atoms with Gasteiger partial charge in [-0.2, -0.15) is 0 Å². The molecule has 0 heterocycles. The number of aliphatic hydroxyl groups excluding tert-OH is 1. The normalized spacial score (nSPS) is 14.6. The molecule has 0 radical (unpaired) electrons. The highest BCUT2D eigenvalue weighted by molar-refractivity contribution is 4.59. The van der Waals surface area contributed by atoms with E-state index in [1.54, 1.807) is 0 Å². The molecule has 0 saturated carbocycles. The second-order valence-electron chi connectivity index (χ2n) is 7.97. The molecule has 0 spiro atoms. The molecule has 0 rings (SSSR count). The van der Waals surface area contributed by atoms with Crippen molar-refractivity contribution < 1.29 is 9.59 Å². The summed E-state index contributed by atoms with van der Waals surface area (Å²) in [5.41, 5.74) is 0. The van der Waals surface area contributed by atoms with Gasteiger partial charge in [0, 0.05) is 0 Å². The Balaban J connectivity index is 4.94. The molecule has 0 saturated heterocycles. The maximum atomic E-state index is 9.75. The van der Waals surface area contributed by atoms with Crippen LogP contribution in [0.1, 0.15) is 67.7 Å². The maximum Gasteiger partial charge on any atom is 0.110 e. The molecule has 122 valence electrons. The van der Waals surface area contributed by atoms with E-state index in [-0.39, 0.29) is 0 Å². The Morgan fingerprint density at radius 2 is 0.950 bits per heavy atom. The van der Waals surface area contributed by atoms with Gasteiger partial charge in [0.25, 0.3) is 0 Å². The monoisotopic (exact) mass is 286 g/mol. The SMILES string of the molecule is CC(C)CC[N+](CCC(C)C)(CCC(C)C)C(C)CO. The number of hydrogen-bond acceptors (Lipinski definition) is 1. The Kier molecular flexibility index (Phi) is 9.74. The third kappa shape index (κ3) is 7.64. The summed E-state index contributed by atoms with van der Waals surface area (Å²) < 4.78 is 1.12. The topological polar surface area (TPSA) is 20.2 Å². The molecule has 0 aliphatic rings. The quantitative estimate of drug-likeness (QED) is 0.561. The van der Waals surface area contributed by atoms with Crippen molar-refractivity contribution in [3.8, 4) is 0 Å². The van der Waals surface area contributed by atoms with Gasteiger partial charge in [-0.25, -0.2) is 0 Å². The Hall–Kier alpha value is -0.0800. The Morgan fingerprint density at radius 3 is 1.15 bits per heavy atom. The molecule has 2 heteroatoms. The maximum absolute atomic E-state index is 9.75. The molecule has 0 aromatic rings. The molecule has 1 N–H and O–H groups in total. The third-order valence-corrected chi connectivity index (χ3v) is 4.65. The predicted octanol–water partition coefficient (Wildman–Crippen LogP) is 4.32. The molecule has 0 fully saturated rings. The molecular weight excluding hydrogens is 246 g/mol. The van der Waals surface area contributed by atoms with E-state index in [9.17, 15) is 5.11 Å². The van der Waals surface area contributed by atoms with Crippen molar-refractivity contribution in [2.24, 2.45) is 17.8 Å². The van der Waals surface area contributed by atoms with Crippen LogP contribution in [0.4, 0.5) is 0 Å². The van der Waals surface area contributed by atoms with E-state index in [4.69, 9.17) is 0 Å². The molecule has 0 aliphatic carbocycles. The number of nitrogens with zero attached hydrogens (tertiary/aromatic N) is 1. The zero-order valence-corrected chi connectivity index (χ0v) is 15.2. The van der Waals surface area contributed by atoms with Crippen LogP contribution in [-0.4, -0.2) is 41.9 Å². The minimum absolute atomic E-state index is 0.314. The van der Waals surface area contributed by atoms with Crippen molar-refractivity contribution in [1.29, 1.82) is 0 Å². The van der Waals surface area contributed by atoms with Crippen molar-refractivity contribution in [3.63, 3.8) is 0 Å². The first-order valence-electron chi connectivity index (χ1n) is 8.70. The number of hydrogen-bond donors (Lipinski definition) is 1. The summed E-state index contributed by atoms with van der Waals surface area (Å²) >= 11 is 0. The molecule has 0 aliphatic heterocycles. The first-order valence-corrected chi connectivity index (χ1v) is 8.70. The lowest BCUT2D eigenvalue weighted by Crippen LogP contribution is -2.58. The fraction of sp³-hybridized carbons (Fsp3) is 1.00. The molecule has 1 unspecified atom stereocenters. The fourth-order valence-electron chi connectivity index (χ4n) is 2.72. The van der Waals surface area contributed by atoms with Gasteiger partial charge in [0.2, 0.25) is 0 Å². The highest BCUT2D eigenvalue weighted by atomic mass is 16.3. The summed E-state index contributed by atoms with van der Waals surface area (Å²) in [6.45, 7) is 20.1. The number of quaternary nitrogens is 1. The van der Waals surface area contributed by atoms with E-state index in [1.165, 1.54) is 38.9 Å². The summed E-state index contributed by atoms with van der Waals surface area (Å²) in [5, 5.41) is 9.75. The van der Waals surface area contributed by atoms with Crippen molar-refractivity contribution in [2.45, 2.75) is 73.8 Å². The van der Waals surface area contributed by atoms with Gasteiger partial charge in [0.05, 0.1) is 26.2 Å². The van der Waals surface area contributed by atoms with Crippen LogP contribution in [0, 0.1) is 17.8 Å². The van der Waals surface area contributed by atoms with Gasteiger partial charge in [-0.1, -0.05) is 41.5 Å². The van der Waals surface area contributed by atoms with E-state index in [0.29, 0.717) is 12.6 Å². The molecule has 20 heavy (non-hydrogen) atoms. The van der Waals surface area contributed by atoms with Gasteiger partial charge < -0.3 is 9.59 Å². The third-order valence-electron chi connectivity index (χ3n) is 4.65. The first kappa shape index (κ1) is 19.9. The predicted molar refractivity (Wildman–Crippen MR) is 89.8 cm³/mol. The lowest BCUT2D eigenvalue weighted by atomic mass is 10.0. The Labute approximate surface area is 128 Å². The van der Waals surface area contributed by atoms with Crippen molar-refractivity contribution in [2.75, 3.05) is 26.2 Å². The minimum Gasteiger partial charge on any atom is -0.390 e. The van der Waals surface area contributed by atoms with Crippen LogP contribution in [0.3, 0.4) is 0 Å². The van der Waals surface area contributed by atoms with E-state index in [1.807, 2.05) is 0 Å². The summed E-state index contributed by atoms with van der Waals surface area (Å²) in [4.78, 5) is 0. The van der Waals surface area contributed by atoms with E-state index < -0.39 is 0 Å². The van der Waals surface area contributed by atoms with Crippen LogP contribution in [0.5, 0.6) is 0 Å². The molecule has 2 nitrogen and oxygen atoms in total. The van der Waals surface area contributed by atoms with Crippen LogP contribution in [-0.2, 0) is 0 Å². The van der Waals surface area contributed by atoms with Gasteiger partial charge in [-0.3, -0.25) is 0 Å². The molecule has 1 atom stereocenters. The average Bonchev–Trinajstić information content (AvgIpc) is 2.36. The Morgan fingerprint density at radius 1 is 0.650 bits per heavy atom. The lowest BCUT2D eigenvalue weighted by Gasteiger charge is -2.44. The van der Waals surface area contributed by atoms with E-state index in [2.05, 4.69) is 48.5 Å². The van der Waals surface area contributed by atoms with Crippen molar-refractivity contribution in [3.05, 3.63) is 0 Å². The second kappa shape index (κ2) is 9.78. The smallest absolute Gasteiger partial charge is 0.110 e. The first-order chi connectivity index (χ1) is 9.23. The largest absolute Gasteiger partial charge is 0.390 e. The van der Waals surface area contributed by atoms with Crippen molar-refractivity contribution in [1.82, 2.24) is 0 Å². The van der Waals surface area contributed by atoms with Gasteiger partial charge in [0.1, 0.15) is 6.04 Å². The fourth-order valence-corrected chi connectivity index (χ4v) is 2.72. The van der Waals surface area contributed by atoms with E-state index >= 15 is 0 Å². The standard InChI is InChI=1S/C18H40NO/c1-15(2)8-11-19(18(7)14-20,12-9-16(3)4)13-10-17(5)6/h15-18,20H,8-14H2,1-7H3/q+1. The lowest BCUT2D eigenvalue weighted by molar-refractivity contribution is -0.951. The summed E-state index contributed by atoms with van der Waals surface area (Å²) in [6.07, 6.45) is 3.79. The molecule has 0 aromatic heterocycles. The zero-order valence-electron chi connectivity index (χ0n) is 15.2.